The molecule has 0 saturated carbocycles. The van der Waals surface area contributed by atoms with Crippen LogP contribution in [0.5, 0.6) is 0 Å². The highest BCUT2D eigenvalue weighted by atomic mass is 15.1. The van der Waals surface area contributed by atoms with E-state index in [0.717, 1.165) is 22.2 Å². The molecule has 5 nitrogen and oxygen atoms in total. The van der Waals surface area contributed by atoms with E-state index in [1.807, 2.05) is 37.4 Å². The summed E-state index contributed by atoms with van der Waals surface area (Å²) >= 11 is 0. The molecule has 0 saturated heterocycles. The molecule has 0 amide bonds. The predicted octanol–water partition coefficient (Wildman–Crippen LogP) is 3.00. The summed E-state index contributed by atoms with van der Waals surface area (Å²) in [6.07, 6.45) is 5.22. The summed E-state index contributed by atoms with van der Waals surface area (Å²) in [6.45, 7) is 2.03. The Balaban J connectivity index is 2.07. The van der Waals surface area contributed by atoms with Gasteiger partial charge in [0.05, 0.1) is 29.0 Å². The Kier molecular flexibility index (Phi) is 3.05. The number of rotatable bonds is 3. The number of pyridine rings is 1. The maximum absolute atomic E-state index is 9.27. The van der Waals surface area contributed by atoms with Gasteiger partial charge in [0.2, 0.25) is 0 Å². The molecular weight excluding hydrogens is 250 g/mol. The van der Waals surface area contributed by atoms with Crippen molar-refractivity contribution < 1.29 is 0 Å². The Morgan fingerprint density at radius 1 is 1.30 bits per heavy atom. The fraction of sp³-hybridized carbons (Fsp3) is 0.133. The van der Waals surface area contributed by atoms with Gasteiger partial charge in [-0.25, -0.2) is 0 Å². The van der Waals surface area contributed by atoms with Gasteiger partial charge in [-0.05, 0) is 13.0 Å². The lowest BCUT2D eigenvalue weighted by Crippen LogP contribution is -2.08. The number of nitrogens with one attached hydrogen (secondary N) is 2. The first-order valence-electron chi connectivity index (χ1n) is 6.32. The molecule has 1 atom stereocenters. The van der Waals surface area contributed by atoms with Crippen molar-refractivity contribution >= 4 is 16.6 Å². The Hall–Kier alpha value is -2.87. The first-order chi connectivity index (χ1) is 9.79. The van der Waals surface area contributed by atoms with E-state index in [1.165, 1.54) is 0 Å². The van der Waals surface area contributed by atoms with Gasteiger partial charge in [0.15, 0.2) is 0 Å². The van der Waals surface area contributed by atoms with Crippen molar-refractivity contribution in [3.63, 3.8) is 0 Å². The van der Waals surface area contributed by atoms with Crippen molar-refractivity contribution in [3.05, 3.63) is 54.0 Å². The smallest absolute Gasteiger partial charge is 0.103 e. The lowest BCUT2D eigenvalue weighted by atomic mass is 10.1. The van der Waals surface area contributed by atoms with Crippen molar-refractivity contribution in [3.8, 4) is 6.07 Å². The van der Waals surface area contributed by atoms with Gasteiger partial charge >= 0.3 is 0 Å². The van der Waals surface area contributed by atoms with Gasteiger partial charge in [-0.3, -0.25) is 10.1 Å². The molecule has 0 aliphatic rings. The van der Waals surface area contributed by atoms with Crippen LogP contribution in [0.3, 0.4) is 0 Å². The van der Waals surface area contributed by atoms with Crippen LogP contribution in [0.25, 0.3) is 10.9 Å². The third-order valence-corrected chi connectivity index (χ3v) is 3.28. The van der Waals surface area contributed by atoms with Crippen LogP contribution in [0.4, 0.5) is 5.69 Å². The summed E-state index contributed by atoms with van der Waals surface area (Å²) in [5.41, 5.74) is 3.26. The molecule has 0 fully saturated rings. The normalized spacial score (nSPS) is 12.0. The predicted molar refractivity (Wildman–Crippen MR) is 77.1 cm³/mol. The minimum absolute atomic E-state index is 0.0478. The molecule has 5 heteroatoms. The van der Waals surface area contributed by atoms with Crippen LogP contribution in [-0.2, 0) is 0 Å². The zero-order valence-corrected chi connectivity index (χ0v) is 11.0. The van der Waals surface area contributed by atoms with Crippen LogP contribution in [0.15, 0.2) is 42.9 Å². The Labute approximate surface area is 116 Å². The summed E-state index contributed by atoms with van der Waals surface area (Å²) in [7, 11) is 0. The van der Waals surface area contributed by atoms with Crippen molar-refractivity contribution in [2.75, 3.05) is 5.32 Å². The molecule has 1 aromatic carbocycles. The van der Waals surface area contributed by atoms with Gasteiger partial charge in [0.1, 0.15) is 6.07 Å². The van der Waals surface area contributed by atoms with Gasteiger partial charge in [0.25, 0.3) is 0 Å². The quantitative estimate of drug-likeness (QED) is 0.761. The zero-order valence-electron chi connectivity index (χ0n) is 11.0. The molecule has 1 unspecified atom stereocenters. The fourth-order valence-electron chi connectivity index (χ4n) is 2.18. The van der Waals surface area contributed by atoms with Crippen molar-refractivity contribution in [2.24, 2.45) is 0 Å². The summed E-state index contributed by atoms with van der Waals surface area (Å²) in [5, 5.41) is 20.3. The summed E-state index contributed by atoms with van der Waals surface area (Å²) < 4.78 is 0. The van der Waals surface area contributed by atoms with Gasteiger partial charge in [0, 0.05) is 23.3 Å². The second-order valence-electron chi connectivity index (χ2n) is 4.57. The van der Waals surface area contributed by atoms with E-state index in [4.69, 9.17) is 0 Å². The highest BCUT2D eigenvalue weighted by Gasteiger charge is 2.12. The maximum atomic E-state index is 9.27. The monoisotopic (exact) mass is 263 g/mol. The van der Waals surface area contributed by atoms with Gasteiger partial charge in [-0.2, -0.15) is 10.4 Å². The summed E-state index contributed by atoms with van der Waals surface area (Å²) in [6, 6.07) is 10.0. The van der Waals surface area contributed by atoms with Crippen LogP contribution >= 0.6 is 0 Å². The Bertz CT molecular complexity index is 771. The maximum Gasteiger partial charge on any atom is 0.103 e. The van der Waals surface area contributed by atoms with Crippen molar-refractivity contribution in [1.29, 1.82) is 5.26 Å². The van der Waals surface area contributed by atoms with E-state index in [9.17, 15) is 5.26 Å². The summed E-state index contributed by atoms with van der Waals surface area (Å²) in [4.78, 5) is 4.30. The van der Waals surface area contributed by atoms with Crippen LogP contribution in [0.2, 0.25) is 0 Å². The molecule has 0 aliphatic heterocycles. The lowest BCUT2D eigenvalue weighted by molar-refractivity contribution is 0.887. The lowest BCUT2D eigenvalue weighted by Gasteiger charge is -2.16. The molecule has 0 aliphatic carbocycles. The second kappa shape index (κ2) is 5.02. The van der Waals surface area contributed by atoms with Crippen LogP contribution in [-0.4, -0.2) is 15.2 Å². The first-order valence-corrected chi connectivity index (χ1v) is 6.32. The Morgan fingerprint density at radius 3 is 2.90 bits per heavy atom. The van der Waals surface area contributed by atoms with E-state index < -0.39 is 0 Å². The molecule has 2 N–H and O–H groups in total. The van der Waals surface area contributed by atoms with E-state index in [1.54, 1.807) is 12.4 Å². The molecule has 0 radical (unpaired) electrons. The molecule has 20 heavy (non-hydrogen) atoms. The summed E-state index contributed by atoms with van der Waals surface area (Å²) in [5.74, 6) is 0. The highest BCUT2D eigenvalue weighted by Crippen LogP contribution is 2.28. The number of H-pyrrole nitrogens is 1. The van der Waals surface area contributed by atoms with E-state index in [-0.39, 0.29) is 6.04 Å². The average molecular weight is 263 g/mol. The van der Waals surface area contributed by atoms with Gasteiger partial charge < -0.3 is 5.32 Å². The average Bonchev–Trinajstić information content (AvgIpc) is 3.02. The minimum atomic E-state index is 0.0478. The number of benzene rings is 1. The minimum Gasteiger partial charge on any atom is -0.377 e. The highest BCUT2D eigenvalue weighted by molar-refractivity contribution is 5.93. The van der Waals surface area contributed by atoms with Gasteiger partial charge in [-0.15, -0.1) is 0 Å². The van der Waals surface area contributed by atoms with E-state index in [0.29, 0.717) is 5.56 Å². The zero-order chi connectivity index (χ0) is 13.9. The molecule has 3 rings (SSSR count). The topological polar surface area (TPSA) is 77.4 Å². The second-order valence-corrected chi connectivity index (χ2v) is 4.57. The number of hydrogen-bond acceptors (Lipinski definition) is 4. The number of hydrogen-bond donors (Lipinski definition) is 2. The molecule has 98 valence electrons. The Morgan fingerprint density at radius 2 is 2.15 bits per heavy atom. The number of anilines is 1. The van der Waals surface area contributed by atoms with E-state index in [2.05, 4.69) is 26.6 Å². The first kappa shape index (κ1) is 12.2. The molecule has 2 heterocycles. The standard InChI is InChI=1S/C15H13N5/c1-10(12-8-18-19-9-12)20-15-11(6-16)7-17-14-5-3-2-4-13(14)15/h2-5,7-10H,1H3,(H,17,20)(H,18,19). The molecule has 2 aromatic heterocycles. The van der Waals surface area contributed by atoms with E-state index >= 15 is 0 Å². The number of aromatic amines is 1. The fourth-order valence-corrected chi connectivity index (χ4v) is 2.18. The van der Waals surface area contributed by atoms with Gasteiger partial charge in [-0.1, -0.05) is 18.2 Å². The largest absolute Gasteiger partial charge is 0.377 e. The molecule has 0 bridgehead atoms. The molecular formula is C15H13N5. The van der Waals surface area contributed by atoms with Crippen molar-refractivity contribution in [1.82, 2.24) is 15.2 Å². The number of para-hydroxylation sites is 1. The van der Waals surface area contributed by atoms with Crippen LogP contribution in [0, 0.1) is 11.3 Å². The molecule has 0 spiro atoms. The number of aromatic nitrogens is 3. The van der Waals surface area contributed by atoms with Crippen molar-refractivity contribution in [2.45, 2.75) is 13.0 Å². The number of nitrogens with zero attached hydrogens (tertiary/aromatic N) is 3. The number of fused-ring (bicyclic) bond motifs is 1. The molecule has 3 aromatic rings. The number of nitriles is 1. The SMILES string of the molecule is CC(Nc1c(C#N)cnc2ccccc12)c1cn[nH]c1. The third-order valence-electron chi connectivity index (χ3n) is 3.28. The third kappa shape index (κ3) is 2.08. The van der Waals surface area contributed by atoms with Crippen LogP contribution in [0.1, 0.15) is 24.1 Å². The van der Waals surface area contributed by atoms with Crippen LogP contribution < -0.4 is 5.32 Å².